The van der Waals surface area contributed by atoms with Gasteiger partial charge in [-0.3, -0.25) is 0 Å². The minimum absolute atomic E-state index is 0.144. The third-order valence-electron chi connectivity index (χ3n) is 3.12. The van der Waals surface area contributed by atoms with Crippen molar-refractivity contribution in [2.45, 2.75) is 31.6 Å². The molecule has 2 rings (SSSR count). The van der Waals surface area contributed by atoms with E-state index in [0.29, 0.717) is 0 Å². The average Bonchev–Trinajstić information content (AvgIpc) is 2.17. The Bertz CT molecular complexity index is 358. The molecule has 0 unspecified atom stereocenters. The molecular weight excluding hydrogens is 202 g/mol. The van der Waals surface area contributed by atoms with Crippen molar-refractivity contribution in [1.29, 1.82) is 0 Å². The first-order valence-electron chi connectivity index (χ1n) is 5.50. The Balaban J connectivity index is 2.36. The van der Waals surface area contributed by atoms with Crippen molar-refractivity contribution in [3.8, 4) is 0 Å². The van der Waals surface area contributed by atoms with E-state index in [1.807, 2.05) is 11.8 Å². The van der Waals surface area contributed by atoms with Gasteiger partial charge in [-0.25, -0.2) is 0 Å². The van der Waals surface area contributed by atoms with Crippen LogP contribution >= 0.6 is 11.8 Å². The summed E-state index contributed by atoms with van der Waals surface area (Å²) in [7, 11) is 0. The highest BCUT2D eigenvalue weighted by Crippen LogP contribution is 2.29. The summed E-state index contributed by atoms with van der Waals surface area (Å²) in [6.07, 6.45) is 3.33. The van der Waals surface area contributed by atoms with Crippen molar-refractivity contribution >= 4 is 11.8 Å². The number of hydrogen-bond acceptors (Lipinski definition) is 2. The monoisotopic (exact) mass is 221 g/mol. The van der Waals surface area contributed by atoms with Crippen LogP contribution in [0.25, 0.3) is 0 Å². The Hall–Kier alpha value is -0.470. The summed E-state index contributed by atoms with van der Waals surface area (Å²) in [5.41, 5.74) is 4.61. The van der Waals surface area contributed by atoms with Crippen LogP contribution in [-0.4, -0.2) is 12.8 Å². The van der Waals surface area contributed by atoms with Gasteiger partial charge in [0.2, 0.25) is 0 Å². The molecule has 0 spiro atoms. The fourth-order valence-corrected chi connectivity index (χ4v) is 2.84. The van der Waals surface area contributed by atoms with Gasteiger partial charge in [0.1, 0.15) is 0 Å². The van der Waals surface area contributed by atoms with Gasteiger partial charge in [0.25, 0.3) is 0 Å². The topological polar surface area (TPSA) is 12.0 Å². The summed E-state index contributed by atoms with van der Waals surface area (Å²) in [6.45, 7) is 5.63. The highest BCUT2D eigenvalue weighted by Gasteiger charge is 2.26. The predicted octanol–water partition coefficient (Wildman–Crippen LogP) is 2.93. The number of hydrogen-bond donors (Lipinski definition) is 1. The van der Waals surface area contributed by atoms with E-state index >= 15 is 0 Å². The maximum atomic E-state index is 3.56. The van der Waals surface area contributed by atoms with Gasteiger partial charge in [-0.05, 0) is 49.8 Å². The second-order valence-corrected chi connectivity index (χ2v) is 5.59. The van der Waals surface area contributed by atoms with Gasteiger partial charge in [0.05, 0.1) is 0 Å². The standard InChI is InChI=1S/C13H19NS/c1-13(2)12-5-4-10(9-15-3)8-11(12)6-7-14-13/h4-5,8,14H,6-7,9H2,1-3H3. The number of fused-ring (bicyclic) bond motifs is 1. The zero-order valence-electron chi connectivity index (χ0n) is 9.76. The Kier molecular flexibility index (Phi) is 3.08. The molecule has 1 nitrogen and oxygen atoms in total. The Labute approximate surface area is 96.7 Å². The Morgan fingerprint density at radius 2 is 2.20 bits per heavy atom. The lowest BCUT2D eigenvalue weighted by Gasteiger charge is -2.34. The van der Waals surface area contributed by atoms with Crippen molar-refractivity contribution in [2.24, 2.45) is 0 Å². The van der Waals surface area contributed by atoms with Crippen LogP contribution in [0.2, 0.25) is 0 Å². The molecule has 0 bridgehead atoms. The lowest BCUT2D eigenvalue weighted by molar-refractivity contribution is 0.382. The third kappa shape index (κ3) is 2.21. The van der Waals surface area contributed by atoms with Gasteiger partial charge in [0.15, 0.2) is 0 Å². The van der Waals surface area contributed by atoms with E-state index in [0.717, 1.165) is 12.3 Å². The second kappa shape index (κ2) is 4.18. The molecule has 82 valence electrons. The lowest BCUT2D eigenvalue weighted by atomic mass is 9.84. The molecule has 0 saturated heterocycles. The van der Waals surface area contributed by atoms with Crippen molar-refractivity contribution in [1.82, 2.24) is 5.32 Å². The second-order valence-electron chi connectivity index (χ2n) is 4.73. The normalized spacial score (nSPS) is 18.6. The predicted molar refractivity (Wildman–Crippen MR) is 68.4 cm³/mol. The largest absolute Gasteiger partial charge is 0.307 e. The first-order valence-corrected chi connectivity index (χ1v) is 6.89. The zero-order valence-corrected chi connectivity index (χ0v) is 10.6. The molecule has 0 aromatic heterocycles. The molecule has 1 aliphatic heterocycles. The van der Waals surface area contributed by atoms with E-state index in [-0.39, 0.29) is 5.54 Å². The van der Waals surface area contributed by atoms with Crippen LogP contribution < -0.4 is 5.32 Å². The molecule has 1 aromatic rings. The van der Waals surface area contributed by atoms with Crippen LogP contribution in [0, 0.1) is 0 Å². The van der Waals surface area contributed by atoms with E-state index in [9.17, 15) is 0 Å². The van der Waals surface area contributed by atoms with Gasteiger partial charge in [-0.15, -0.1) is 0 Å². The van der Waals surface area contributed by atoms with Gasteiger partial charge < -0.3 is 5.32 Å². The molecule has 15 heavy (non-hydrogen) atoms. The quantitative estimate of drug-likeness (QED) is 0.824. The molecule has 0 radical (unpaired) electrons. The summed E-state index contributed by atoms with van der Waals surface area (Å²) in [4.78, 5) is 0. The SMILES string of the molecule is CSCc1ccc2c(c1)CCNC2(C)C. The summed E-state index contributed by atoms with van der Waals surface area (Å²) >= 11 is 1.89. The van der Waals surface area contributed by atoms with Crippen LogP contribution in [0.15, 0.2) is 18.2 Å². The highest BCUT2D eigenvalue weighted by atomic mass is 32.2. The van der Waals surface area contributed by atoms with Crippen LogP contribution in [-0.2, 0) is 17.7 Å². The number of nitrogens with one attached hydrogen (secondary N) is 1. The van der Waals surface area contributed by atoms with Crippen molar-refractivity contribution in [3.05, 3.63) is 34.9 Å². The molecule has 1 N–H and O–H groups in total. The summed E-state index contributed by atoms with van der Waals surface area (Å²) in [5, 5.41) is 3.56. The molecule has 0 saturated carbocycles. The first-order chi connectivity index (χ1) is 7.13. The molecule has 2 heteroatoms. The van der Waals surface area contributed by atoms with Crippen LogP contribution in [0.5, 0.6) is 0 Å². The van der Waals surface area contributed by atoms with Crippen molar-refractivity contribution < 1.29 is 0 Å². The molecule has 0 atom stereocenters. The smallest absolute Gasteiger partial charge is 0.0380 e. The minimum atomic E-state index is 0.144. The van der Waals surface area contributed by atoms with Gasteiger partial charge in [-0.2, -0.15) is 11.8 Å². The fraction of sp³-hybridized carbons (Fsp3) is 0.538. The summed E-state index contributed by atoms with van der Waals surface area (Å²) in [5.74, 6) is 1.13. The zero-order chi connectivity index (χ0) is 10.9. The van der Waals surface area contributed by atoms with Gasteiger partial charge in [-0.1, -0.05) is 18.2 Å². The molecule has 1 aliphatic rings. The van der Waals surface area contributed by atoms with Crippen LogP contribution in [0.1, 0.15) is 30.5 Å². The third-order valence-corrected chi connectivity index (χ3v) is 3.74. The fourth-order valence-electron chi connectivity index (χ4n) is 2.32. The van der Waals surface area contributed by atoms with Crippen LogP contribution in [0.4, 0.5) is 0 Å². The minimum Gasteiger partial charge on any atom is -0.307 e. The lowest BCUT2D eigenvalue weighted by Crippen LogP contribution is -2.42. The van der Waals surface area contributed by atoms with Crippen molar-refractivity contribution in [3.63, 3.8) is 0 Å². The Morgan fingerprint density at radius 1 is 1.40 bits per heavy atom. The highest BCUT2D eigenvalue weighted by molar-refractivity contribution is 7.97. The van der Waals surface area contributed by atoms with Gasteiger partial charge in [0, 0.05) is 11.3 Å². The summed E-state index contributed by atoms with van der Waals surface area (Å²) in [6, 6.07) is 6.95. The van der Waals surface area contributed by atoms with E-state index in [1.165, 1.54) is 23.1 Å². The van der Waals surface area contributed by atoms with E-state index < -0.39 is 0 Å². The number of thioether (sulfide) groups is 1. The maximum Gasteiger partial charge on any atom is 0.0380 e. The summed E-state index contributed by atoms with van der Waals surface area (Å²) < 4.78 is 0. The molecule has 0 amide bonds. The Morgan fingerprint density at radius 3 is 2.93 bits per heavy atom. The van der Waals surface area contributed by atoms with Gasteiger partial charge >= 0.3 is 0 Å². The number of benzene rings is 1. The number of rotatable bonds is 2. The maximum absolute atomic E-state index is 3.56. The van der Waals surface area contributed by atoms with E-state index in [2.05, 4.69) is 43.6 Å². The molecular formula is C13H19NS. The molecule has 1 heterocycles. The first kappa shape index (κ1) is 11.0. The van der Waals surface area contributed by atoms with Crippen LogP contribution in [0.3, 0.4) is 0 Å². The molecule has 0 aliphatic carbocycles. The van der Waals surface area contributed by atoms with E-state index in [4.69, 9.17) is 0 Å². The van der Waals surface area contributed by atoms with E-state index in [1.54, 1.807) is 0 Å². The van der Waals surface area contributed by atoms with Crippen molar-refractivity contribution in [2.75, 3.05) is 12.8 Å². The molecule has 0 fully saturated rings. The average molecular weight is 221 g/mol. The molecule has 1 aromatic carbocycles.